The second kappa shape index (κ2) is 21.4. The standard InChI is InChI=1S/C44H66O10Si/c1-32(43(42-29-51-44(4,5)52-42)48-28-35-22-24-36(47-8)25-23-35)21-26-40(49-30-45-6)34(3)41(50-31-46-7)27-37-16-14-20-39-19-13-12-15-33(2)53-55(39,54-37)38-17-10-9-11-18-38/h9-11,13,17-20,22-25,32-34,37,40-43H,12,14-16,21,26-31H2,1-8H3/b19-13-/t32-,33+,34+,37+,40+,41-,42+,43+,55?/m1/s1. The van der Waals surface area contributed by atoms with E-state index in [0.29, 0.717) is 19.6 Å². The highest BCUT2D eigenvalue weighted by molar-refractivity contribution is 6.88. The maximum Gasteiger partial charge on any atom is 0.407 e. The molecule has 0 bridgehead atoms. The predicted octanol–water partition coefficient (Wildman–Crippen LogP) is 7.90. The smallest absolute Gasteiger partial charge is 0.407 e. The molecule has 1 unspecified atom stereocenters. The van der Waals surface area contributed by atoms with Crippen LogP contribution in [0.1, 0.15) is 85.1 Å². The molecule has 11 heteroatoms. The maximum atomic E-state index is 7.36. The zero-order valence-corrected chi connectivity index (χ0v) is 35.4. The molecule has 306 valence electrons. The van der Waals surface area contributed by atoms with Crippen LogP contribution in [0.2, 0.25) is 0 Å². The lowest BCUT2D eigenvalue weighted by atomic mass is 9.86. The monoisotopic (exact) mass is 782 g/mol. The van der Waals surface area contributed by atoms with Gasteiger partial charge in [-0.05, 0) is 99.7 Å². The van der Waals surface area contributed by atoms with E-state index in [1.54, 1.807) is 21.3 Å². The summed E-state index contributed by atoms with van der Waals surface area (Å²) in [6, 6.07) is 18.5. The van der Waals surface area contributed by atoms with E-state index >= 15 is 0 Å². The van der Waals surface area contributed by atoms with Gasteiger partial charge in [-0.15, -0.1) is 0 Å². The Morgan fingerprint density at radius 2 is 1.56 bits per heavy atom. The van der Waals surface area contributed by atoms with Crippen LogP contribution in [-0.4, -0.2) is 92.5 Å². The summed E-state index contributed by atoms with van der Waals surface area (Å²) < 4.78 is 62.7. The van der Waals surface area contributed by atoms with E-state index in [-0.39, 0.29) is 62.0 Å². The van der Waals surface area contributed by atoms with Gasteiger partial charge in [0.25, 0.3) is 0 Å². The number of hydrogen-bond donors (Lipinski definition) is 0. The van der Waals surface area contributed by atoms with E-state index in [1.807, 2.05) is 38.1 Å². The lowest BCUT2D eigenvalue weighted by molar-refractivity contribution is -0.166. The fourth-order valence-corrected chi connectivity index (χ4v) is 11.6. The molecule has 2 aromatic rings. The molecule has 5 rings (SSSR count). The van der Waals surface area contributed by atoms with Gasteiger partial charge in [-0.3, -0.25) is 0 Å². The minimum absolute atomic E-state index is 0.00754. The molecule has 0 saturated carbocycles. The van der Waals surface area contributed by atoms with Gasteiger partial charge in [0.1, 0.15) is 25.4 Å². The van der Waals surface area contributed by atoms with E-state index in [0.717, 1.165) is 55.0 Å². The highest BCUT2D eigenvalue weighted by Gasteiger charge is 2.49. The third-order valence-corrected chi connectivity index (χ3v) is 14.7. The van der Waals surface area contributed by atoms with Gasteiger partial charge in [0, 0.05) is 26.2 Å². The summed E-state index contributed by atoms with van der Waals surface area (Å²) in [7, 11) is 1.97. The van der Waals surface area contributed by atoms with Crippen LogP contribution in [0.4, 0.5) is 0 Å². The second-order valence-electron chi connectivity index (χ2n) is 15.7. The van der Waals surface area contributed by atoms with E-state index in [4.69, 9.17) is 46.7 Å². The number of fused-ring (bicyclic) bond motifs is 1. The number of hydrogen-bond acceptors (Lipinski definition) is 10. The van der Waals surface area contributed by atoms with Crippen LogP contribution in [-0.2, 0) is 48.6 Å². The van der Waals surface area contributed by atoms with E-state index in [1.165, 1.54) is 5.20 Å². The molecule has 3 aliphatic heterocycles. The van der Waals surface area contributed by atoms with Gasteiger partial charge in [0.05, 0.1) is 44.7 Å². The minimum atomic E-state index is -3.03. The van der Waals surface area contributed by atoms with Crippen LogP contribution in [0.5, 0.6) is 5.75 Å². The molecular weight excluding hydrogens is 717 g/mol. The number of ether oxygens (including phenoxy) is 8. The van der Waals surface area contributed by atoms with E-state index < -0.39 is 14.3 Å². The molecule has 0 amide bonds. The fourth-order valence-electron chi connectivity index (χ4n) is 7.97. The van der Waals surface area contributed by atoms with Crippen LogP contribution in [0.15, 0.2) is 78.0 Å². The summed E-state index contributed by atoms with van der Waals surface area (Å²) in [6.45, 7) is 11.8. The fraction of sp³-hybridized carbons (Fsp3) is 0.636. The molecule has 9 atom stereocenters. The lowest BCUT2D eigenvalue weighted by Crippen LogP contribution is -2.59. The van der Waals surface area contributed by atoms with Gasteiger partial charge in [-0.2, -0.15) is 0 Å². The van der Waals surface area contributed by atoms with Gasteiger partial charge < -0.3 is 46.7 Å². The SMILES string of the molecule is COCO[C@@H](CC[C@@H](C)[C@H](OCc1ccc(OC)cc1)[C@@H]1COC(C)(C)O1)[C@H](C)[C@@H](C[C@@H]1CCC=C2/C=C\CC[C@H](C)O[Si]2(c2ccccc2)O1)OCOC. The average molecular weight is 783 g/mol. The van der Waals surface area contributed by atoms with Crippen molar-refractivity contribution in [1.82, 2.24) is 0 Å². The third kappa shape index (κ3) is 12.3. The van der Waals surface area contributed by atoms with E-state index in [9.17, 15) is 0 Å². The molecule has 0 aliphatic carbocycles. The molecule has 1 fully saturated rings. The summed E-state index contributed by atoms with van der Waals surface area (Å²) in [5, 5.41) is 2.32. The lowest BCUT2D eigenvalue weighted by Gasteiger charge is -2.39. The molecule has 3 aliphatic rings. The van der Waals surface area contributed by atoms with Gasteiger partial charge >= 0.3 is 8.56 Å². The molecule has 3 heterocycles. The first kappa shape index (κ1) is 43.7. The van der Waals surface area contributed by atoms with Crippen molar-refractivity contribution >= 4 is 13.7 Å². The van der Waals surface area contributed by atoms with Crippen molar-refractivity contribution in [3.05, 3.63) is 83.6 Å². The van der Waals surface area contributed by atoms with Crippen molar-refractivity contribution in [1.29, 1.82) is 0 Å². The summed E-state index contributed by atoms with van der Waals surface area (Å²) in [4.78, 5) is 0. The average Bonchev–Trinajstić information content (AvgIpc) is 3.45. The normalized spacial score (nSPS) is 27.3. The first-order valence-corrected chi connectivity index (χ1v) is 21.9. The zero-order valence-electron chi connectivity index (χ0n) is 34.4. The molecular formula is C44H66O10Si. The summed E-state index contributed by atoms with van der Waals surface area (Å²) in [5.74, 6) is 0.283. The molecule has 0 N–H and O–H groups in total. The largest absolute Gasteiger partial charge is 0.497 e. The Kier molecular flexibility index (Phi) is 17.0. The zero-order chi connectivity index (χ0) is 39.3. The molecule has 0 aromatic heterocycles. The molecule has 55 heavy (non-hydrogen) atoms. The Labute approximate surface area is 331 Å². The Bertz CT molecular complexity index is 1470. The quantitative estimate of drug-likeness (QED) is 0.0976. The first-order valence-electron chi connectivity index (χ1n) is 20.1. The molecule has 0 radical (unpaired) electrons. The van der Waals surface area contributed by atoms with Gasteiger partial charge in [-0.1, -0.05) is 74.5 Å². The van der Waals surface area contributed by atoms with Crippen LogP contribution in [0, 0.1) is 11.8 Å². The van der Waals surface area contributed by atoms with Crippen molar-refractivity contribution in [3.63, 3.8) is 0 Å². The number of rotatable bonds is 20. The number of allylic oxidation sites excluding steroid dienone is 4. The summed E-state index contributed by atoms with van der Waals surface area (Å²) in [5.41, 5.74) is 1.07. The van der Waals surface area contributed by atoms with Crippen molar-refractivity contribution in [2.45, 2.75) is 129 Å². The van der Waals surface area contributed by atoms with Gasteiger partial charge in [-0.25, -0.2) is 0 Å². The maximum absolute atomic E-state index is 7.36. The molecule has 10 nitrogen and oxygen atoms in total. The number of methoxy groups -OCH3 is 3. The minimum Gasteiger partial charge on any atom is -0.497 e. The number of benzene rings is 2. The van der Waals surface area contributed by atoms with E-state index in [2.05, 4.69) is 69.3 Å². The van der Waals surface area contributed by atoms with Crippen molar-refractivity contribution < 1.29 is 46.7 Å². The topological polar surface area (TPSA) is 92.3 Å². The molecule has 2 aromatic carbocycles. The van der Waals surface area contributed by atoms with Crippen LogP contribution in [0.25, 0.3) is 0 Å². The first-order chi connectivity index (χ1) is 26.6. The summed E-state index contributed by atoms with van der Waals surface area (Å²) in [6.07, 6.45) is 12.1. The predicted molar refractivity (Wildman–Crippen MR) is 215 cm³/mol. The highest BCUT2D eigenvalue weighted by Crippen LogP contribution is 2.36. The Morgan fingerprint density at radius 3 is 2.24 bits per heavy atom. The Hall–Kier alpha value is -2.42. The second-order valence-corrected chi connectivity index (χ2v) is 18.6. The molecule has 1 saturated heterocycles. The van der Waals surface area contributed by atoms with Crippen molar-refractivity contribution in [3.8, 4) is 5.75 Å². The summed E-state index contributed by atoms with van der Waals surface area (Å²) >= 11 is 0. The van der Waals surface area contributed by atoms with Crippen LogP contribution < -0.4 is 9.92 Å². The Morgan fingerprint density at radius 1 is 0.836 bits per heavy atom. The van der Waals surface area contributed by atoms with Crippen molar-refractivity contribution in [2.24, 2.45) is 11.8 Å². The van der Waals surface area contributed by atoms with Crippen LogP contribution in [0.3, 0.4) is 0 Å². The van der Waals surface area contributed by atoms with Gasteiger partial charge in [0.2, 0.25) is 0 Å². The van der Waals surface area contributed by atoms with Gasteiger partial charge in [0.15, 0.2) is 5.79 Å². The third-order valence-electron chi connectivity index (χ3n) is 11.1. The Balaban J connectivity index is 1.32. The highest BCUT2D eigenvalue weighted by atomic mass is 28.4. The van der Waals surface area contributed by atoms with Crippen LogP contribution >= 0.6 is 0 Å². The molecule has 0 spiro atoms. The van der Waals surface area contributed by atoms with Crippen molar-refractivity contribution in [2.75, 3.05) is 41.5 Å².